The molecule has 0 aromatic rings. The molecule has 2 nitrogen and oxygen atoms in total. The van der Waals surface area contributed by atoms with E-state index < -0.39 is 18.9 Å². The third kappa shape index (κ3) is 1.71. The van der Waals surface area contributed by atoms with Gasteiger partial charge in [-0.3, -0.25) is 5.84 Å². The van der Waals surface area contributed by atoms with Crippen molar-refractivity contribution < 1.29 is 8.78 Å². The summed E-state index contributed by atoms with van der Waals surface area (Å²) in [6.07, 6.45) is 0. The molecule has 0 amide bonds. The summed E-state index contributed by atoms with van der Waals surface area (Å²) in [5.74, 6) is 4.80. The quantitative estimate of drug-likeness (QED) is 0.415. The van der Waals surface area contributed by atoms with E-state index in [1.807, 2.05) is 5.43 Å². The number of rotatable bonds is 3. The highest BCUT2D eigenvalue weighted by atomic mass is 19.1. The maximum atomic E-state index is 11.7. The molecule has 0 heterocycles. The number of halogens is 2. The summed E-state index contributed by atoms with van der Waals surface area (Å²) >= 11 is 0. The number of nitrogens with one attached hydrogen (secondary N) is 1. The summed E-state index contributed by atoms with van der Waals surface area (Å²) in [6.45, 7) is -0.215. The third-order valence-corrected chi connectivity index (χ3v) is 0.938. The molecule has 0 aromatic heterocycles. The van der Waals surface area contributed by atoms with Crippen molar-refractivity contribution in [1.82, 2.24) is 5.43 Å². The Balaban J connectivity index is 3.58. The zero-order chi connectivity index (χ0) is 6.62. The smallest absolute Gasteiger partial charge is 0.111 e. The van der Waals surface area contributed by atoms with E-state index in [2.05, 4.69) is 0 Å². The number of hydrazine groups is 1. The molecule has 0 saturated carbocycles. The van der Waals surface area contributed by atoms with Crippen LogP contribution in [-0.2, 0) is 0 Å². The molecule has 8 heavy (non-hydrogen) atoms. The maximum absolute atomic E-state index is 11.7. The Kier molecular flexibility index (Phi) is 2.86. The van der Waals surface area contributed by atoms with Crippen LogP contribution in [-0.4, -0.2) is 18.9 Å². The van der Waals surface area contributed by atoms with E-state index in [1.165, 1.54) is 6.92 Å². The van der Waals surface area contributed by atoms with Gasteiger partial charge >= 0.3 is 0 Å². The van der Waals surface area contributed by atoms with E-state index in [4.69, 9.17) is 5.84 Å². The Morgan fingerprint density at radius 2 is 1.88 bits per heavy atom. The van der Waals surface area contributed by atoms with Crippen LogP contribution in [0.3, 0.4) is 0 Å². The standard InChI is InChI=1S/C4H10F2N2/c1-4(2-5,3-6)8-7/h8H,2-3,7H2,1H3. The van der Waals surface area contributed by atoms with Crippen molar-refractivity contribution in [3.63, 3.8) is 0 Å². The molecule has 0 fully saturated rings. The molecule has 0 aliphatic carbocycles. The van der Waals surface area contributed by atoms with Gasteiger partial charge < -0.3 is 0 Å². The molecule has 50 valence electrons. The second-order valence-corrected chi connectivity index (χ2v) is 1.97. The summed E-state index contributed by atoms with van der Waals surface area (Å²) in [5.41, 5.74) is 0.847. The lowest BCUT2D eigenvalue weighted by atomic mass is 10.1. The Morgan fingerprint density at radius 3 is 1.88 bits per heavy atom. The summed E-state index contributed by atoms with van der Waals surface area (Å²) in [7, 11) is 0. The largest absolute Gasteiger partial charge is 0.271 e. The first-order chi connectivity index (χ1) is 3.68. The molecule has 3 N–H and O–H groups in total. The topological polar surface area (TPSA) is 38.0 Å². The molecular formula is C4H10F2N2. The van der Waals surface area contributed by atoms with E-state index in [1.54, 1.807) is 0 Å². The van der Waals surface area contributed by atoms with Gasteiger partial charge in [-0.1, -0.05) is 0 Å². The van der Waals surface area contributed by atoms with Crippen molar-refractivity contribution in [1.29, 1.82) is 0 Å². The lowest BCUT2D eigenvalue weighted by Crippen LogP contribution is -2.50. The second-order valence-electron chi connectivity index (χ2n) is 1.97. The van der Waals surface area contributed by atoms with Gasteiger partial charge in [0.05, 0.1) is 5.54 Å². The second kappa shape index (κ2) is 2.94. The molecule has 0 aliphatic heterocycles. The average Bonchev–Trinajstić information content (AvgIpc) is 1.87. The summed E-state index contributed by atoms with van der Waals surface area (Å²) in [6, 6.07) is 0. The normalized spacial score (nSPS) is 12.0. The first kappa shape index (κ1) is 7.78. The molecule has 0 bridgehead atoms. The first-order valence-electron chi connectivity index (χ1n) is 2.28. The highest BCUT2D eigenvalue weighted by Crippen LogP contribution is 2.01. The molecule has 0 radical (unpaired) electrons. The molecule has 0 atom stereocenters. The van der Waals surface area contributed by atoms with E-state index in [0.717, 1.165) is 0 Å². The number of nitrogens with two attached hydrogens (primary N) is 1. The monoisotopic (exact) mass is 124 g/mol. The van der Waals surface area contributed by atoms with Gasteiger partial charge in [-0.25, -0.2) is 14.2 Å². The van der Waals surface area contributed by atoms with Gasteiger partial charge in [0.1, 0.15) is 13.3 Å². The van der Waals surface area contributed by atoms with Crippen molar-refractivity contribution in [3.05, 3.63) is 0 Å². The van der Waals surface area contributed by atoms with E-state index in [9.17, 15) is 8.78 Å². The van der Waals surface area contributed by atoms with Crippen molar-refractivity contribution in [2.75, 3.05) is 13.3 Å². The van der Waals surface area contributed by atoms with Crippen LogP contribution in [0.15, 0.2) is 0 Å². The van der Waals surface area contributed by atoms with E-state index in [-0.39, 0.29) is 0 Å². The Bertz CT molecular complexity index is 54.8. The van der Waals surface area contributed by atoms with Gasteiger partial charge in [0.2, 0.25) is 0 Å². The van der Waals surface area contributed by atoms with Crippen LogP contribution < -0.4 is 11.3 Å². The van der Waals surface area contributed by atoms with Gasteiger partial charge in [0.15, 0.2) is 0 Å². The van der Waals surface area contributed by atoms with Crippen LogP contribution in [0, 0.1) is 0 Å². The predicted molar refractivity (Wildman–Crippen MR) is 27.7 cm³/mol. The fourth-order valence-corrected chi connectivity index (χ4v) is 0.113. The minimum absolute atomic E-state index is 0.792. The predicted octanol–water partition coefficient (Wildman–Crippen LogP) is 0.147. The van der Waals surface area contributed by atoms with E-state index in [0.29, 0.717) is 0 Å². The van der Waals surface area contributed by atoms with Gasteiger partial charge in [-0.2, -0.15) is 0 Å². The van der Waals surface area contributed by atoms with Crippen molar-refractivity contribution in [2.24, 2.45) is 5.84 Å². The zero-order valence-corrected chi connectivity index (χ0v) is 4.75. The fourth-order valence-electron chi connectivity index (χ4n) is 0.113. The third-order valence-electron chi connectivity index (χ3n) is 0.938. The van der Waals surface area contributed by atoms with Crippen LogP contribution in [0.4, 0.5) is 8.78 Å². The summed E-state index contributed by atoms with van der Waals surface area (Å²) in [4.78, 5) is 0. The van der Waals surface area contributed by atoms with Crippen LogP contribution >= 0.6 is 0 Å². The molecular weight excluding hydrogens is 114 g/mol. The van der Waals surface area contributed by atoms with Gasteiger partial charge in [0.25, 0.3) is 0 Å². The minimum atomic E-state index is -1.18. The molecule has 0 aromatic carbocycles. The Labute approximate surface area is 47.0 Å². The molecule has 0 aliphatic rings. The summed E-state index contributed by atoms with van der Waals surface area (Å²) < 4.78 is 23.3. The lowest BCUT2D eigenvalue weighted by molar-refractivity contribution is 0.213. The van der Waals surface area contributed by atoms with Crippen molar-refractivity contribution in [2.45, 2.75) is 12.5 Å². The van der Waals surface area contributed by atoms with Gasteiger partial charge in [0, 0.05) is 0 Å². The van der Waals surface area contributed by atoms with Crippen LogP contribution in [0.5, 0.6) is 0 Å². The Morgan fingerprint density at radius 1 is 1.50 bits per heavy atom. The lowest BCUT2D eigenvalue weighted by Gasteiger charge is -2.19. The SMILES string of the molecule is CC(CF)(CF)NN. The molecule has 0 unspecified atom stereocenters. The van der Waals surface area contributed by atoms with Crippen molar-refractivity contribution >= 4 is 0 Å². The fraction of sp³-hybridized carbons (Fsp3) is 1.00. The number of hydrogen-bond acceptors (Lipinski definition) is 2. The molecule has 0 rings (SSSR count). The van der Waals surface area contributed by atoms with Crippen LogP contribution in [0.1, 0.15) is 6.92 Å². The summed E-state index contributed by atoms with van der Waals surface area (Å²) in [5, 5.41) is 0. The van der Waals surface area contributed by atoms with Gasteiger partial charge in [-0.15, -0.1) is 0 Å². The Hall–Kier alpha value is -0.220. The highest BCUT2D eigenvalue weighted by molar-refractivity contribution is 4.77. The number of hydrogen-bond donors (Lipinski definition) is 2. The number of alkyl halides is 2. The minimum Gasteiger partial charge on any atom is -0.271 e. The maximum Gasteiger partial charge on any atom is 0.111 e. The first-order valence-corrected chi connectivity index (χ1v) is 2.28. The average molecular weight is 124 g/mol. The van der Waals surface area contributed by atoms with Gasteiger partial charge in [-0.05, 0) is 6.92 Å². The molecule has 0 saturated heterocycles. The van der Waals surface area contributed by atoms with E-state index >= 15 is 0 Å². The zero-order valence-electron chi connectivity index (χ0n) is 4.75. The van der Waals surface area contributed by atoms with Crippen LogP contribution in [0.2, 0.25) is 0 Å². The molecule has 0 spiro atoms. The van der Waals surface area contributed by atoms with Crippen LogP contribution in [0.25, 0.3) is 0 Å². The van der Waals surface area contributed by atoms with Crippen molar-refractivity contribution in [3.8, 4) is 0 Å². The molecule has 4 heteroatoms. The highest BCUT2D eigenvalue weighted by Gasteiger charge is 2.21.